The van der Waals surface area contributed by atoms with Crippen molar-refractivity contribution in [1.82, 2.24) is 20.9 Å². The molecule has 0 aliphatic carbocycles. The first kappa shape index (κ1) is 18.0. The molecule has 1 fully saturated rings. The molecule has 1 saturated heterocycles. The van der Waals surface area contributed by atoms with Crippen LogP contribution in [0.25, 0.3) is 0 Å². The normalized spacial score (nSPS) is 27.9. The maximum atomic E-state index is 6.68. The lowest BCUT2D eigenvalue weighted by atomic mass is 9.93. The smallest absolute Gasteiger partial charge is 0.224 e. The SMILES string of the molecule is CNC1=NC(N)(C(C)c2ccccc2Cl)NC(N2CCNC(C)C2)=N1. The Morgan fingerprint density at radius 3 is 2.88 bits per heavy atom. The van der Waals surface area contributed by atoms with Crippen LogP contribution in [0.3, 0.4) is 0 Å². The van der Waals surface area contributed by atoms with Crippen LogP contribution in [0.5, 0.6) is 0 Å². The Kier molecular flexibility index (Phi) is 5.17. The van der Waals surface area contributed by atoms with Crippen molar-refractivity contribution in [2.24, 2.45) is 15.7 Å². The van der Waals surface area contributed by atoms with Gasteiger partial charge in [-0.25, -0.2) is 4.99 Å². The lowest BCUT2D eigenvalue weighted by molar-refractivity contribution is 0.267. The molecule has 3 atom stereocenters. The van der Waals surface area contributed by atoms with E-state index >= 15 is 0 Å². The average Bonchev–Trinajstić information content (AvgIpc) is 2.61. The summed E-state index contributed by atoms with van der Waals surface area (Å²) in [6, 6.07) is 8.11. The summed E-state index contributed by atoms with van der Waals surface area (Å²) in [7, 11) is 1.80. The second-order valence-corrected chi connectivity index (χ2v) is 7.02. The van der Waals surface area contributed by atoms with Crippen LogP contribution in [-0.2, 0) is 0 Å². The fraction of sp³-hybridized carbons (Fsp3) is 0.529. The molecule has 25 heavy (non-hydrogen) atoms. The first-order chi connectivity index (χ1) is 11.9. The second kappa shape index (κ2) is 7.19. The summed E-state index contributed by atoms with van der Waals surface area (Å²) in [5.74, 6) is 0.0833. The number of rotatable bonds is 2. The van der Waals surface area contributed by atoms with Crippen LogP contribution in [0.4, 0.5) is 0 Å². The number of hydrogen-bond donors (Lipinski definition) is 4. The number of guanidine groups is 2. The molecular weight excluding hydrogens is 338 g/mol. The molecule has 7 nitrogen and oxygen atoms in total. The number of aliphatic imine (C=N–C) groups is 2. The predicted molar refractivity (Wildman–Crippen MR) is 103 cm³/mol. The third kappa shape index (κ3) is 3.73. The van der Waals surface area contributed by atoms with E-state index in [2.05, 4.69) is 37.8 Å². The molecule has 0 saturated carbocycles. The molecular formula is C17H26ClN7. The van der Waals surface area contributed by atoms with Crippen molar-refractivity contribution in [3.63, 3.8) is 0 Å². The van der Waals surface area contributed by atoms with E-state index in [1.807, 2.05) is 31.2 Å². The Hall–Kier alpha value is -1.83. The van der Waals surface area contributed by atoms with E-state index in [1.54, 1.807) is 7.05 Å². The van der Waals surface area contributed by atoms with Crippen molar-refractivity contribution >= 4 is 23.5 Å². The van der Waals surface area contributed by atoms with Crippen molar-refractivity contribution in [3.8, 4) is 0 Å². The summed E-state index contributed by atoms with van der Waals surface area (Å²) >= 11 is 6.38. The minimum atomic E-state index is -1.03. The monoisotopic (exact) mass is 363 g/mol. The number of piperazine rings is 1. The highest BCUT2D eigenvalue weighted by molar-refractivity contribution is 6.31. The van der Waals surface area contributed by atoms with Crippen LogP contribution in [-0.4, -0.2) is 55.3 Å². The minimum absolute atomic E-state index is 0.143. The van der Waals surface area contributed by atoms with Gasteiger partial charge in [0.15, 0.2) is 5.79 Å². The molecule has 0 spiro atoms. The quantitative estimate of drug-likeness (QED) is 0.626. The number of nitrogens with zero attached hydrogens (tertiary/aromatic N) is 3. The summed E-state index contributed by atoms with van der Waals surface area (Å²) < 4.78 is 0. The lowest BCUT2D eigenvalue weighted by Crippen LogP contribution is -2.66. The van der Waals surface area contributed by atoms with Crippen LogP contribution < -0.4 is 21.7 Å². The number of nitrogens with two attached hydrogens (primary N) is 1. The van der Waals surface area contributed by atoms with Crippen molar-refractivity contribution in [3.05, 3.63) is 34.9 Å². The Bertz CT molecular complexity index is 689. The van der Waals surface area contributed by atoms with E-state index in [0.29, 0.717) is 17.0 Å². The van der Waals surface area contributed by atoms with Crippen molar-refractivity contribution < 1.29 is 0 Å². The van der Waals surface area contributed by atoms with Crippen molar-refractivity contribution in [2.45, 2.75) is 31.6 Å². The molecule has 3 rings (SSSR count). The number of halogens is 1. The molecule has 0 radical (unpaired) electrons. The van der Waals surface area contributed by atoms with Crippen LogP contribution in [0.1, 0.15) is 25.3 Å². The number of hydrogen-bond acceptors (Lipinski definition) is 7. The summed E-state index contributed by atoms with van der Waals surface area (Å²) in [5, 5.41) is 10.5. The van der Waals surface area contributed by atoms with Gasteiger partial charge in [0.25, 0.3) is 0 Å². The fourth-order valence-electron chi connectivity index (χ4n) is 3.19. The summed E-state index contributed by atoms with van der Waals surface area (Å²) in [6.07, 6.45) is 0. The Morgan fingerprint density at radius 1 is 1.44 bits per heavy atom. The third-order valence-electron chi connectivity index (χ3n) is 4.74. The average molecular weight is 364 g/mol. The topological polar surface area (TPSA) is 90.1 Å². The molecule has 1 aromatic carbocycles. The Balaban J connectivity index is 1.90. The van der Waals surface area contributed by atoms with Gasteiger partial charge in [-0.1, -0.05) is 36.7 Å². The lowest BCUT2D eigenvalue weighted by Gasteiger charge is -2.42. The van der Waals surface area contributed by atoms with Crippen LogP contribution >= 0.6 is 11.6 Å². The fourth-order valence-corrected chi connectivity index (χ4v) is 3.49. The molecule has 8 heteroatoms. The molecule has 3 unspecified atom stereocenters. The highest BCUT2D eigenvalue weighted by Gasteiger charge is 2.39. The molecule has 0 aromatic heterocycles. The Morgan fingerprint density at radius 2 is 2.20 bits per heavy atom. The van der Waals surface area contributed by atoms with Gasteiger partial charge in [-0.3, -0.25) is 5.73 Å². The standard InChI is InChI=1S/C17H26ClN7/c1-11-10-25(9-8-21-11)16-22-15(20-3)23-17(19,24-16)12(2)13-6-4-5-7-14(13)18/h4-7,11-12,21H,8-10,19H2,1-3H3,(H2,20,22,23,24). The van der Waals surface area contributed by atoms with E-state index in [-0.39, 0.29) is 5.92 Å². The van der Waals surface area contributed by atoms with Gasteiger partial charge in [-0.2, -0.15) is 4.99 Å². The molecule has 0 bridgehead atoms. The second-order valence-electron chi connectivity index (χ2n) is 6.62. The zero-order valence-electron chi connectivity index (χ0n) is 14.9. The zero-order chi connectivity index (χ0) is 18.0. The molecule has 136 valence electrons. The van der Waals surface area contributed by atoms with Gasteiger partial charge in [0.2, 0.25) is 11.9 Å². The van der Waals surface area contributed by atoms with Crippen LogP contribution in [0, 0.1) is 0 Å². The predicted octanol–water partition coefficient (Wildman–Crippen LogP) is 0.884. The minimum Gasteiger partial charge on any atom is -0.357 e. The molecule has 2 aliphatic heterocycles. The highest BCUT2D eigenvalue weighted by Crippen LogP contribution is 2.32. The van der Waals surface area contributed by atoms with Gasteiger partial charge in [-0.05, 0) is 18.6 Å². The van der Waals surface area contributed by atoms with Gasteiger partial charge in [-0.15, -0.1) is 0 Å². The molecule has 2 aliphatic rings. The van der Waals surface area contributed by atoms with E-state index < -0.39 is 5.79 Å². The van der Waals surface area contributed by atoms with E-state index in [1.165, 1.54) is 0 Å². The summed E-state index contributed by atoms with van der Waals surface area (Å²) in [6.45, 7) is 6.81. The molecule has 1 aromatic rings. The largest absolute Gasteiger partial charge is 0.357 e. The van der Waals surface area contributed by atoms with Crippen molar-refractivity contribution in [1.29, 1.82) is 0 Å². The molecule has 5 N–H and O–H groups in total. The maximum absolute atomic E-state index is 6.68. The zero-order valence-corrected chi connectivity index (χ0v) is 15.6. The molecule has 2 heterocycles. The van der Waals surface area contributed by atoms with Gasteiger partial charge >= 0.3 is 0 Å². The van der Waals surface area contributed by atoms with Gasteiger partial charge < -0.3 is 20.9 Å². The van der Waals surface area contributed by atoms with Gasteiger partial charge in [0.1, 0.15) is 0 Å². The summed E-state index contributed by atoms with van der Waals surface area (Å²) in [5.41, 5.74) is 7.63. The maximum Gasteiger partial charge on any atom is 0.224 e. The number of nitrogens with one attached hydrogen (secondary N) is 3. The molecule has 0 amide bonds. The van der Waals surface area contributed by atoms with Crippen LogP contribution in [0.15, 0.2) is 34.3 Å². The Labute approximate surface area is 153 Å². The van der Waals surface area contributed by atoms with E-state index in [9.17, 15) is 0 Å². The first-order valence-electron chi connectivity index (χ1n) is 8.59. The first-order valence-corrected chi connectivity index (χ1v) is 8.97. The van der Waals surface area contributed by atoms with Gasteiger partial charge in [0.05, 0.1) is 0 Å². The van der Waals surface area contributed by atoms with Crippen LogP contribution in [0.2, 0.25) is 5.02 Å². The number of benzene rings is 1. The van der Waals surface area contributed by atoms with E-state index in [4.69, 9.17) is 17.3 Å². The van der Waals surface area contributed by atoms with Gasteiger partial charge in [0, 0.05) is 43.7 Å². The highest BCUT2D eigenvalue weighted by atomic mass is 35.5. The van der Waals surface area contributed by atoms with Crippen molar-refractivity contribution in [2.75, 3.05) is 26.7 Å². The summed E-state index contributed by atoms with van der Waals surface area (Å²) in [4.78, 5) is 11.4. The third-order valence-corrected chi connectivity index (χ3v) is 5.08. The van der Waals surface area contributed by atoms with E-state index in [0.717, 1.165) is 31.2 Å².